The van der Waals surface area contributed by atoms with Crippen LogP contribution in [0.3, 0.4) is 0 Å². The van der Waals surface area contributed by atoms with Gasteiger partial charge in [0.2, 0.25) is 5.91 Å². The van der Waals surface area contributed by atoms with E-state index in [0.717, 1.165) is 5.56 Å². The van der Waals surface area contributed by atoms with Crippen molar-refractivity contribution in [1.29, 1.82) is 0 Å². The predicted octanol–water partition coefficient (Wildman–Crippen LogP) is 0.821. The molecule has 0 spiro atoms. The highest BCUT2D eigenvalue weighted by Crippen LogP contribution is 2.35. The van der Waals surface area contributed by atoms with Crippen LogP contribution in [0.1, 0.15) is 18.5 Å². The molecule has 29 heavy (non-hydrogen) atoms. The van der Waals surface area contributed by atoms with Crippen LogP contribution in [-0.2, 0) is 19.1 Å². The fraction of sp³-hybridized carbons (Fsp3) is 0.450. The maximum Gasteiger partial charge on any atom is 0.338 e. The van der Waals surface area contributed by atoms with Crippen LogP contribution in [0, 0.1) is 0 Å². The van der Waals surface area contributed by atoms with E-state index in [4.69, 9.17) is 14.2 Å². The summed E-state index contributed by atoms with van der Waals surface area (Å²) in [6, 6.07) is 6.14. The minimum atomic E-state index is -0.627. The van der Waals surface area contributed by atoms with Gasteiger partial charge in [-0.15, -0.1) is 0 Å². The molecule has 0 bridgehead atoms. The zero-order valence-corrected chi connectivity index (χ0v) is 16.2. The molecule has 0 aromatic heterocycles. The molecule has 1 aromatic rings. The Kier molecular flexibility index (Phi) is 5.39. The van der Waals surface area contributed by atoms with Gasteiger partial charge in [0.1, 0.15) is 18.9 Å². The van der Waals surface area contributed by atoms with Crippen molar-refractivity contribution < 1.29 is 28.6 Å². The maximum absolute atomic E-state index is 12.8. The van der Waals surface area contributed by atoms with Crippen molar-refractivity contribution in [2.24, 2.45) is 0 Å². The quantitative estimate of drug-likeness (QED) is 0.734. The van der Waals surface area contributed by atoms with Crippen LogP contribution in [0.5, 0.6) is 5.75 Å². The summed E-state index contributed by atoms with van der Waals surface area (Å²) in [5, 5.41) is 2.84. The number of carbonyl (C=O) groups excluding carboxylic acids is 3. The molecule has 9 nitrogen and oxygen atoms in total. The van der Waals surface area contributed by atoms with E-state index < -0.39 is 18.0 Å². The van der Waals surface area contributed by atoms with Crippen LogP contribution in [0.2, 0.25) is 0 Å². The second kappa shape index (κ2) is 8.12. The molecule has 1 atom stereocenters. The van der Waals surface area contributed by atoms with E-state index in [1.165, 1.54) is 4.90 Å². The fourth-order valence-corrected chi connectivity index (χ4v) is 3.70. The predicted molar refractivity (Wildman–Crippen MR) is 101 cm³/mol. The monoisotopic (exact) mass is 401 g/mol. The SMILES string of the molecule is CCOc1ccc([C@H]2NC(=O)N(CC(=O)N3CCOCC3)C3=C2C(=O)OC3)cc1. The first-order valence-corrected chi connectivity index (χ1v) is 9.65. The molecule has 1 aromatic carbocycles. The topological polar surface area (TPSA) is 97.4 Å². The minimum absolute atomic E-state index is 0.0223. The first-order chi connectivity index (χ1) is 14.1. The lowest BCUT2D eigenvalue weighted by atomic mass is 9.95. The highest BCUT2D eigenvalue weighted by Gasteiger charge is 2.43. The van der Waals surface area contributed by atoms with Crippen LogP contribution < -0.4 is 10.1 Å². The van der Waals surface area contributed by atoms with Crippen molar-refractivity contribution in [2.75, 3.05) is 46.1 Å². The first kappa shape index (κ1) is 19.3. The van der Waals surface area contributed by atoms with Gasteiger partial charge < -0.3 is 24.4 Å². The highest BCUT2D eigenvalue weighted by molar-refractivity contribution is 5.98. The number of nitrogens with zero attached hydrogens (tertiary/aromatic N) is 2. The number of morpholine rings is 1. The number of ether oxygens (including phenoxy) is 3. The Hall–Kier alpha value is -3.07. The summed E-state index contributed by atoms with van der Waals surface area (Å²) in [6.07, 6.45) is 0. The number of cyclic esters (lactones) is 1. The molecule has 1 fully saturated rings. The van der Waals surface area contributed by atoms with Crippen molar-refractivity contribution in [1.82, 2.24) is 15.1 Å². The molecule has 0 radical (unpaired) electrons. The smallest absolute Gasteiger partial charge is 0.338 e. The average molecular weight is 401 g/mol. The average Bonchev–Trinajstić information content (AvgIpc) is 3.13. The van der Waals surface area contributed by atoms with Gasteiger partial charge in [-0.2, -0.15) is 0 Å². The Balaban J connectivity index is 1.58. The van der Waals surface area contributed by atoms with Gasteiger partial charge in [0.05, 0.1) is 37.1 Å². The normalized spacial score (nSPS) is 21.6. The lowest BCUT2D eigenvalue weighted by molar-refractivity contribution is -0.136. The molecule has 9 heteroatoms. The van der Waals surface area contributed by atoms with E-state index >= 15 is 0 Å². The van der Waals surface area contributed by atoms with Gasteiger partial charge in [0.25, 0.3) is 0 Å². The van der Waals surface area contributed by atoms with E-state index in [-0.39, 0.29) is 19.1 Å². The van der Waals surface area contributed by atoms with Gasteiger partial charge in [-0.25, -0.2) is 9.59 Å². The maximum atomic E-state index is 12.8. The molecule has 0 aliphatic carbocycles. The van der Waals surface area contributed by atoms with E-state index in [1.807, 2.05) is 6.92 Å². The third-order valence-corrected chi connectivity index (χ3v) is 5.18. The Labute approximate surface area is 168 Å². The van der Waals surface area contributed by atoms with Crippen LogP contribution in [-0.4, -0.2) is 73.8 Å². The number of urea groups is 1. The van der Waals surface area contributed by atoms with E-state index in [2.05, 4.69) is 5.32 Å². The minimum Gasteiger partial charge on any atom is -0.494 e. The van der Waals surface area contributed by atoms with Crippen molar-refractivity contribution >= 4 is 17.9 Å². The van der Waals surface area contributed by atoms with Gasteiger partial charge in [0, 0.05) is 13.1 Å². The van der Waals surface area contributed by atoms with Crippen molar-refractivity contribution in [2.45, 2.75) is 13.0 Å². The van der Waals surface area contributed by atoms with E-state index in [1.54, 1.807) is 29.2 Å². The molecular weight excluding hydrogens is 378 g/mol. The molecular formula is C20H23N3O6. The lowest BCUT2D eigenvalue weighted by Crippen LogP contribution is -2.52. The Bertz CT molecular complexity index is 844. The number of nitrogens with one attached hydrogen (secondary N) is 1. The molecule has 3 aliphatic heterocycles. The van der Waals surface area contributed by atoms with Crippen LogP contribution in [0.15, 0.2) is 35.5 Å². The summed E-state index contributed by atoms with van der Waals surface area (Å²) in [7, 11) is 0. The van der Waals surface area contributed by atoms with Crippen molar-refractivity contribution in [3.63, 3.8) is 0 Å². The van der Waals surface area contributed by atoms with Crippen molar-refractivity contribution in [3.05, 3.63) is 41.1 Å². The summed E-state index contributed by atoms with van der Waals surface area (Å²) in [6.45, 7) is 4.22. The molecule has 3 amide bonds. The lowest BCUT2D eigenvalue weighted by Gasteiger charge is -2.34. The van der Waals surface area contributed by atoms with Crippen LogP contribution >= 0.6 is 0 Å². The summed E-state index contributed by atoms with van der Waals surface area (Å²) in [5.41, 5.74) is 1.55. The molecule has 3 aliphatic rings. The summed E-state index contributed by atoms with van der Waals surface area (Å²) in [5.74, 6) is 0.0381. The second-order valence-electron chi connectivity index (χ2n) is 6.90. The number of amides is 3. The molecule has 1 saturated heterocycles. The summed E-state index contributed by atoms with van der Waals surface area (Å²) >= 11 is 0. The number of hydrogen-bond acceptors (Lipinski definition) is 6. The number of benzene rings is 1. The Morgan fingerprint density at radius 3 is 2.62 bits per heavy atom. The standard InChI is InChI=1S/C20H23N3O6/c1-2-28-14-5-3-13(4-6-14)18-17-15(12-29-19(17)25)23(20(26)21-18)11-16(24)22-7-9-27-10-8-22/h3-6,18H,2,7-12H2,1H3,(H,21,26)/t18-/m1/s1. The summed E-state index contributed by atoms with van der Waals surface area (Å²) in [4.78, 5) is 40.8. The van der Waals surface area contributed by atoms with Crippen molar-refractivity contribution in [3.8, 4) is 5.75 Å². The van der Waals surface area contributed by atoms with Crippen LogP contribution in [0.25, 0.3) is 0 Å². The van der Waals surface area contributed by atoms with Gasteiger partial charge >= 0.3 is 12.0 Å². The van der Waals surface area contributed by atoms with E-state index in [0.29, 0.717) is 49.9 Å². The molecule has 0 unspecified atom stereocenters. The zero-order chi connectivity index (χ0) is 20.4. The van der Waals surface area contributed by atoms with Gasteiger partial charge in [-0.3, -0.25) is 9.69 Å². The number of carbonyl (C=O) groups is 3. The van der Waals surface area contributed by atoms with Gasteiger partial charge in [-0.05, 0) is 24.6 Å². The number of esters is 1. The van der Waals surface area contributed by atoms with Crippen LogP contribution in [0.4, 0.5) is 4.79 Å². The fourth-order valence-electron chi connectivity index (χ4n) is 3.70. The molecule has 4 rings (SSSR count). The zero-order valence-electron chi connectivity index (χ0n) is 16.2. The molecule has 0 saturated carbocycles. The summed E-state index contributed by atoms with van der Waals surface area (Å²) < 4.78 is 15.9. The van der Waals surface area contributed by atoms with Gasteiger partial charge in [0.15, 0.2) is 0 Å². The Morgan fingerprint density at radius 1 is 1.21 bits per heavy atom. The van der Waals surface area contributed by atoms with Gasteiger partial charge in [-0.1, -0.05) is 12.1 Å². The van der Waals surface area contributed by atoms with E-state index in [9.17, 15) is 14.4 Å². The molecule has 1 N–H and O–H groups in total. The highest BCUT2D eigenvalue weighted by atomic mass is 16.5. The Morgan fingerprint density at radius 2 is 1.93 bits per heavy atom. The molecule has 154 valence electrons. The third-order valence-electron chi connectivity index (χ3n) is 5.18. The molecule has 3 heterocycles. The number of hydrogen-bond donors (Lipinski definition) is 1. The second-order valence-corrected chi connectivity index (χ2v) is 6.90. The number of rotatable bonds is 5. The third kappa shape index (κ3) is 3.77. The first-order valence-electron chi connectivity index (χ1n) is 9.65. The largest absolute Gasteiger partial charge is 0.494 e.